The fourth-order valence-electron chi connectivity index (χ4n) is 1.71. The van der Waals surface area contributed by atoms with Crippen molar-refractivity contribution in [3.63, 3.8) is 0 Å². The summed E-state index contributed by atoms with van der Waals surface area (Å²) in [5.41, 5.74) is 4.74. The fourth-order valence-corrected chi connectivity index (χ4v) is 1.71. The van der Waals surface area contributed by atoms with Crippen LogP contribution in [-0.2, 0) is 0 Å². The van der Waals surface area contributed by atoms with Gasteiger partial charge in [0.15, 0.2) is 0 Å². The van der Waals surface area contributed by atoms with Crippen LogP contribution in [0.15, 0.2) is 36.7 Å². The highest BCUT2D eigenvalue weighted by molar-refractivity contribution is 5.94. The van der Waals surface area contributed by atoms with Gasteiger partial charge in [-0.05, 0) is 26.0 Å². The van der Waals surface area contributed by atoms with E-state index in [2.05, 4.69) is 20.8 Å². The lowest BCUT2D eigenvalue weighted by Crippen LogP contribution is -2.30. The van der Waals surface area contributed by atoms with Crippen LogP contribution in [0.5, 0.6) is 5.88 Å². The van der Waals surface area contributed by atoms with Gasteiger partial charge in [-0.1, -0.05) is 18.2 Å². The molecule has 0 fully saturated rings. The first-order valence-corrected chi connectivity index (χ1v) is 6.76. The molecule has 0 bridgehead atoms. The number of carbonyl (C=O) groups excluding carboxylic acids is 1. The molecule has 23 heavy (non-hydrogen) atoms. The summed E-state index contributed by atoms with van der Waals surface area (Å²) in [6, 6.07) is 8.40. The molecule has 1 heterocycles. The number of benzene rings is 1. The molecule has 1 aromatic carbocycles. The summed E-state index contributed by atoms with van der Waals surface area (Å²) >= 11 is 0. The van der Waals surface area contributed by atoms with Crippen molar-refractivity contribution in [3.8, 4) is 5.88 Å². The van der Waals surface area contributed by atoms with Crippen molar-refractivity contribution in [1.29, 1.82) is 0 Å². The first kappa shape index (κ1) is 16.1. The minimum absolute atomic E-state index is 0.162. The topological polar surface area (TPSA) is 119 Å². The van der Waals surface area contributed by atoms with Crippen LogP contribution >= 0.6 is 0 Å². The number of hydrazine groups is 1. The standard InChI is InChI=1S/C14H15N5O4/c1-9(2)23-14-11(19(21)22)12(15-8-16-14)17-18-13(20)10-6-4-3-5-7-10/h3-9H,1-2H3,(H,18,20)(H,15,16,17). The molecule has 0 spiro atoms. The van der Waals surface area contributed by atoms with E-state index in [4.69, 9.17) is 4.74 Å². The van der Waals surface area contributed by atoms with Gasteiger partial charge in [-0.2, -0.15) is 4.98 Å². The predicted octanol–water partition coefficient (Wildman–Crippen LogP) is 1.93. The molecule has 9 nitrogen and oxygen atoms in total. The van der Waals surface area contributed by atoms with Crippen LogP contribution in [-0.4, -0.2) is 26.9 Å². The van der Waals surface area contributed by atoms with Crippen molar-refractivity contribution in [2.24, 2.45) is 0 Å². The van der Waals surface area contributed by atoms with E-state index in [1.165, 1.54) is 0 Å². The molecular formula is C14H15N5O4. The number of hydrogen-bond donors (Lipinski definition) is 2. The predicted molar refractivity (Wildman–Crippen MR) is 82.0 cm³/mol. The summed E-state index contributed by atoms with van der Waals surface area (Å²) in [7, 11) is 0. The zero-order valence-electron chi connectivity index (χ0n) is 12.5. The molecule has 1 aromatic heterocycles. The molecule has 0 saturated heterocycles. The van der Waals surface area contributed by atoms with E-state index in [1.807, 2.05) is 0 Å². The minimum atomic E-state index is -0.672. The Balaban J connectivity index is 2.19. The smallest absolute Gasteiger partial charge is 0.374 e. The highest BCUT2D eigenvalue weighted by Crippen LogP contribution is 2.30. The Kier molecular flexibility index (Phi) is 5.03. The van der Waals surface area contributed by atoms with Gasteiger partial charge in [0.1, 0.15) is 6.33 Å². The van der Waals surface area contributed by atoms with Crippen LogP contribution in [0, 0.1) is 10.1 Å². The summed E-state index contributed by atoms with van der Waals surface area (Å²) in [4.78, 5) is 30.0. The summed E-state index contributed by atoms with van der Waals surface area (Å²) in [6.07, 6.45) is 0.817. The van der Waals surface area contributed by atoms with E-state index in [-0.39, 0.29) is 17.8 Å². The highest BCUT2D eigenvalue weighted by atomic mass is 16.6. The van der Waals surface area contributed by atoms with Gasteiger partial charge in [-0.15, -0.1) is 0 Å². The fraction of sp³-hybridized carbons (Fsp3) is 0.214. The molecule has 2 rings (SSSR count). The SMILES string of the molecule is CC(C)Oc1ncnc(NNC(=O)c2ccccc2)c1[N+](=O)[O-]. The number of nitro groups is 1. The third kappa shape index (κ3) is 4.13. The lowest BCUT2D eigenvalue weighted by Gasteiger charge is -2.11. The van der Waals surface area contributed by atoms with E-state index in [9.17, 15) is 14.9 Å². The number of ether oxygens (including phenoxy) is 1. The first-order chi connectivity index (χ1) is 11.0. The molecule has 2 N–H and O–H groups in total. The van der Waals surface area contributed by atoms with Crippen LogP contribution in [0.2, 0.25) is 0 Å². The van der Waals surface area contributed by atoms with Crippen LogP contribution in [0.3, 0.4) is 0 Å². The van der Waals surface area contributed by atoms with Gasteiger partial charge in [-0.25, -0.2) is 4.98 Å². The van der Waals surface area contributed by atoms with Crippen LogP contribution < -0.4 is 15.6 Å². The van der Waals surface area contributed by atoms with Gasteiger partial charge >= 0.3 is 5.69 Å². The van der Waals surface area contributed by atoms with Gasteiger partial charge in [0.2, 0.25) is 5.82 Å². The number of amides is 1. The van der Waals surface area contributed by atoms with E-state index >= 15 is 0 Å². The molecule has 0 atom stereocenters. The lowest BCUT2D eigenvalue weighted by atomic mass is 10.2. The third-order valence-electron chi connectivity index (χ3n) is 2.65. The van der Waals surface area contributed by atoms with Crippen molar-refractivity contribution < 1.29 is 14.5 Å². The molecule has 2 aromatic rings. The van der Waals surface area contributed by atoms with Crippen molar-refractivity contribution in [3.05, 3.63) is 52.3 Å². The summed E-state index contributed by atoms with van der Waals surface area (Å²) in [5, 5.41) is 11.2. The van der Waals surface area contributed by atoms with Crippen LogP contribution in [0.4, 0.5) is 11.5 Å². The Morgan fingerprint density at radius 2 is 1.96 bits per heavy atom. The zero-order chi connectivity index (χ0) is 16.8. The monoisotopic (exact) mass is 317 g/mol. The maximum absolute atomic E-state index is 11.9. The average molecular weight is 317 g/mol. The van der Waals surface area contributed by atoms with Crippen LogP contribution in [0.25, 0.3) is 0 Å². The quantitative estimate of drug-likeness (QED) is 0.617. The number of nitrogens with zero attached hydrogens (tertiary/aromatic N) is 3. The van der Waals surface area contributed by atoms with Gasteiger partial charge in [-0.3, -0.25) is 25.8 Å². The van der Waals surface area contributed by atoms with E-state index in [0.717, 1.165) is 6.33 Å². The van der Waals surface area contributed by atoms with Crippen molar-refractivity contribution in [1.82, 2.24) is 15.4 Å². The molecule has 0 aliphatic carbocycles. The molecule has 0 aliphatic rings. The molecule has 0 radical (unpaired) electrons. The molecule has 0 saturated carbocycles. The van der Waals surface area contributed by atoms with Crippen molar-refractivity contribution in [2.75, 3.05) is 5.43 Å². The third-order valence-corrected chi connectivity index (χ3v) is 2.65. The Bertz CT molecular complexity index is 706. The summed E-state index contributed by atoms with van der Waals surface area (Å²) in [6.45, 7) is 3.44. The second kappa shape index (κ2) is 7.16. The maximum Gasteiger partial charge on any atom is 0.374 e. The first-order valence-electron chi connectivity index (χ1n) is 6.76. The van der Waals surface area contributed by atoms with E-state index < -0.39 is 16.5 Å². The zero-order valence-corrected chi connectivity index (χ0v) is 12.5. The van der Waals surface area contributed by atoms with Crippen molar-refractivity contribution in [2.45, 2.75) is 20.0 Å². The minimum Gasteiger partial charge on any atom is -0.470 e. The molecule has 0 aliphatic heterocycles. The Morgan fingerprint density at radius 1 is 1.26 bits per heavy atom. The molecule has 9 heteroatoms. The second-order valence-corrected chi connectivity index (χ2v) is 4.74. The Labute approximate surface area is 131 Å². The maximum atomic E-state index is 11.9. The molecule has 0 unspecified atom stereocenters. The summed E-state index contributed by atoms with van der Waals surface area (Å²) in [5.74, 6) is -0.786. The number of nitrogens with one attached hydrogen (secondary N) is 2. The van der Waals surface area contributed by atoms with Gasteiger partial charge in [0.25, 0.3) is 11.8 Å². The number of hydrogen-bond acceptors (Lipinski definition) is 7. The largest absolute Gasteiger partial charge is 0.470 e. The van der Waals surface area contributed by atoms with Gasteiger partial charge < -0.3 is 4.74 Å². The van der Waals surface area contributed by atoms with Gasteiger partial charge in [0, 0.05) is 5.56 Å². The normalized spacial score (nSPS) is 10.2. The Morgan fingerprint density at radius 3 is 2.57 bits per heavy atom. The van der Waals surface area contributed by atoms with Gasteiger partial charge in [0.05, 0.1) is 11.0 Å². The van der Waals surface area contributed by atoms with Crippen LogP contribution in [0.1, 0.15) is 24.2 Å². The number of carbonyl (C=O) groups is 1. The van der Waals surface area contributed by atoms with E-state index in [1.54, 1.807) is 44.2 Å². The highest BCUT2D eigenvalue weighted by Gasteiger charge is 2.25. The Hall–Kier alpha value is -3.23. The molecular weight excluding hydrogens is 302 g/mol. The number of anilines is 1. The molecule has 1 amide bonds. The van der Waals surface area contributed by atoms with E-state index in [0.29, 0.717) is 5.56 Å². The number of aromatic nitrogens is 2. The summed E-state index contributed by atoms with van der Waals surface area (Å²) < 4.78 is 5.29. The average Bonchev–Trinajstić information content (AvgIpc) is 2.52. The number of rotatable bonds is 6. The second-order valence-electron chi connectivity index (χ2n) is 4.74. The molecule has 120 valence electrons. The van der Waals surface area contributed by atoms with Crippen molar-refractivity contribution >= 4 is 17.4 Å². The lowest BCUT2D eigenvalue weighted by molar-refractivity contribution is -0.385.